The molecule has 3 heteroatoms. The van der Waals surface area contributed by atoms with E-state index in [-0.39, 0.29) is 0 Å². The van der Waals surface area contributed by atoms with Crippen molar-refractivity contribution in [1.82, 2.24) is 10.2 Å². The molecule has 0 radical (unpaired) electrons. The Hall–Kier alpha value is -0.120. The van der Waals surface area contributed by atoms with Crippen LogP contribution in [0, 0.1) is 11.3 Å². The van der Waals surface area contributed by atoms with Gasteiger partial charge in [-0.1, -0.05) is 27.7 Å². The minimum absolute atomic E-state index is 0.374. The van der Waals surface area contributed by atoms with E-state index in [0.29, 0.717) is 11.5 Å². The van der Waals surface area contributed by atoms with Gasteiger partial charge in [-0.15, -0.1) is 0 Å². The predicted molar refractivity (Wildman–Crippen MR) is 82.6 cm³/mol. The highest BCUT2D eigenvalue weighted by atomic mass is 16.5. The molecular formula is C16H34N2O. The number of rotatable bonds is 7. The molecule has 1 fully saturated rings. The van der Waals surface area contributed by atoms with Gasteiger partial charge in [0.05, 0.1) is 6.10 Å². The molecule has 0 spiro atoms. The number of hydrogen-bond donors (Lipinski definition) is 1. The van der Waals surface area contributed by atoms with Crippen LogP contribution in [-0.2, 0) is 4.74 Å². The Bertz CT molecular complexity index is 245. The van der Waals surface area contributed by atoms with Crippen molar-refractivity contribution in [3.63, 3.8) is 0 Å². The highest BCUT2D eigenvalue weighted by Crippen LogP contribution is 2.23. The molecule has 0 aromatic rings. The van der Waals surface area contributed by atoms with Gasteiger partial charge in [-0.05, 0) is 37.6 Å². The molecule has 1 aliphatic rings. The lowest BCUT2D eigenvalue weighted by Crippen LogP contribution is -2.44. The molecule has 0 bridgehead atoms. The number of hydrogen-bond acceptors (Lipinski definition) is 3. The molecule has 1 N–H and O–H groups in total. The van der Waals surface area contributed by atoms with E-state index in [0.717, 1.165) is 32.2 Å². The first kappa shape index (κ1) is 16.9. The van der Waals surface area contributed by atoms with Gasteiger partial charge in [0.15, 0.2) is 0 Å². The zero-order chi connectivity index (χ0) is 14.3. The summed E-state index contributed by atoms with van der Waals surface area (Å²) >= 11 is 0. The summed E-state index contributed by atoms with van der Waals surface area (Å²) in [6.45, 7) is 18.1. The van der Waals surface area contributed by atoms with Crippen molar-refractivity contribution in [3.05, 3.63) is 0 Å². The highest BCUT2D eigenvalue weighted by molar-refractivity contribution is 4.81. The molecule has 0 saturated carbocycles. The SMILES string of the molecule is CCC(C)(CNCC(C)C)CN1CCCOC(C)C1. The largest absolute Gasteiger partial charge is 0.377 e. The minimum Gasteiger partial charge on any atom is -0.377 e. The van der Waals surface area contributed by atoms with E-state index in [9.17, 15) is 0 Å². The maximum absolute atomic E-state index is 5.74. The second-order valence-electron chi connectivity index (χ2n) is 6.96. The van der Waals surface area contributed by atoms with E-state index < -0.39 is 0 Å². The molecule has 0 aliphatic carbocycles. The first-order chi connectivity index (χ1) is 8.95. The topological polar surface area (TPSA) is 24.5 Å². The normalized spacial score (nSPS) is 25.3. The minimum atomic E-state index is 0.374. The van der Waals surface area contributed by atoms with Gasteiger partial charge in [-0.3, -0.25) is 0 Å². The van der Waals surface area contributed by atoms with Crippen LogP contribution in [0.3, 0.4) is 0 Å². The van der Waals surface area contributed by atoms with E-state index in [1.165, 1.54) is 25.9 Å². The fourth-order valence-electron chi connectivity index (χ4n) is 2.72. The zero-order valence-corrected chi connectivity index (χ0v) is 13.7. The van der Waals surface area contributed by atoms with Crippen molar-refractivity contribution in [2.24, 2.45) is 11.3 Å². The Kier molecular flexibility index (Phi) is 7.33. The molecule has 1 saturated heterocycles. The Labute approximate surface area is 120 Å². The van der Waals surface area contributed by atoms with Crippen LogP contribution in [0.2, 0.25) is 0 Å². The summed E-state index contributed by atoms with van der Waals surface area (Å²) in [6.07, 6.45) is 2.78. The summed E-state index contributed by atoms with van der Waals surface area (Å²) < 4.78 is 5.74. The van der Waals surface area contributed by atoms with Crippen molar-refractivity contribution in [3.8, 4) is 0 Å². The van der Waals surface area contributed by atoms with Gasteiger partial charge in [0.2, 0.25) is 0 Å². The first-order valence-corrected chi connectivity index (χ1v) is 8.00. The van der Waals surface area contributed by atoms with Crippen molar-refractivity contribution in [2.45, 2.75) is 53.6 Å². The van der Waals surface area contributed by atoms with Gasteiger partial charge < -0.3 is 15.0 Å². The third kappa shape index (κ3) is 6.73. The van der Waals surface area contributed by atoms with Gasteiger partial charge in [0, 0.05) is 32.8 Å². The predicted octanol–water partition coefficient (Wildman–Crippen LogP) is 2.76. The quantitative estimate of drug-likeness (QED) is 0.770. The average Bonchev–Trinajstić information content (AvgIpc) is 2.53. The second kappa shape index (κ2) is 8.23. The summed E-state index contributed by atoms with van der Waals surface area (Å²) in [5, 5.41) is 3.63. The smallest absolute Gasteiger partial charge is 0.0673 e. The Morgan fingerprint density at radius 1 is 1.42 bits per heavy atom. The molecule has 2 atom stereocenters. The van der Waals surface area contributed by atoms with Crippen molar-refractivity contribution < 1.29 is 4.74 Å². The van der Waals surface area contributed by atoms with Gasteiger partial charge in [-0.25, -0.2) is 0 Å². The molecule has 19 heavy (non-hydrogen) atoms. The molecule has 1 rings (SSSR count). The standard InChI is InChI=1S/C16H34N2O/c1-6-16(5,12-17-10-14(2)3)13-18-8-7-9-19-15(4)11-18/h14-15,17H,6-13H2,1-5H3. The molecule has 1 heterocycles. The molecule has 3 nitrogen and oxygen atoms in total. The first-order valence-electron chi connectivity index (χ1n) is 8.00. The van der Waals surface area contributed by atoms with E-state index in [2.05, 4.69) is 44.8 Å². The molecule has 114 valence electrons. The van der Waals surface area contributed by atoms with Crippen LogP contribution in [-0.4, -0.2) is 50.3 Å². The molecule has 2 unspecified atom stereocenters. The highest BCUT2D eigenvalue weighted by Gasteiger charge is 2.26. The van der Waals surface area contributed by atoms with E-state index in [1.54, 1.807) is 0 Å². The Morgan fingerprint density at radius 3 is 2.79 bits per heavy atom. The fourth-order valence-corrected chi connectivity index (χ4v) is 2.72. The van der Waals surface area contributed by atoms with E-state index in [1.807, 2.05) is 0 Å². The zero-order valence-electron chi connectivity index (χ0n) is 13.7. The summed E-state index contributed by atoms with van der Waals surface area (Å²) in [4.78, 5) is 2.60. The van der Waals surface area contributed by atoms with Crippen LogP contribution < -0.4 is 5.32 Å². The van der Waals surface area contributed by atoms with Crippen molar-refractivity contribution in [1.29, 1.82) is 0 Å². The van der Waals surface area contributed by atoms with Crippen LogP contribution in [0.4, 0.5) is 0 Å². The number of nitrogens with zero attached hydrogens (tertiary/aromatic N) is 1. The monoisotopic (exact) mass is 270 g/mol. The number of ether oxygens (including phenoxy) is 1. The van der Waals surface area contributed by atoms with E-state index in [4.69, 9.17) is 4.74 Å². The maximum atomic E-state index is 5.74. The third-order valence-corrected chi connectivity index (χ3v) is 4.10. The van der Waals surface area contributed by atoms with Gasteiger partial charge in [-0.2, -0.15) is 0 Å². The van der Waals surface area contributed by atoms with Crippen molar-refractivity contribution in [2.75, 3.05) is 39.3 Å². The lowest BCUT2D eigenvalue weighted by Gasteiger charge is -2.35. The van der Waals surface area contributed by atoms with Crippen LogP contribution in [0.5, 0.6) is 0 Å². The van der Waals surface area contributed by atoms with Crippen LogP contribution in [0.25, 0.3) is 0 Å². The second-order valence-corrected chi connectivity index (χ2v) is 6.96. The van der Waals surface area contributed by atoms with Crippen LogP contribution in [0.1, 0.15) is 47.5 Å². The summed E-state index contributed by atoms with van der Waals surface area (Å²) in [5.74, 6) is 0.729. The maximum Gasteiger partial charge on any atom is 0.0673 e. The number of nitrogens with one attached hydrogen (secondary N) is 1. The third-order valence-electron chi connectivity index (χ3n) is 4.10. The average molecular weight is 270 g/mol. The fraction of sp³-hybridized carbons (Fsp3) is 1.00. The van der Waals surface area contributed by atoms with Gasteiger partial charge in [0.1, 0.15) is 0 Å². The Balaban J connectivity index is 2.43. The van der Waals surface area contributed by atoms with Crippen LogP contribution >= 0.6 is 0 Å². The van der Waals surface area contributed by atoms with Crippen molar-refractivity contribution >= 4 is 0 Å². The molecule has 0 amide bonds. The summed E-state index contributed by atoms with van der Waals surface area (Å²) in [7, 11) is 0. The molecule has 0 aromatic carbocycles. The summed E-state index contributed by atoms with van der Waals surface area (Å²) in [5.41, 5.74) is 0.374. The molecular weight excluding hydrogens is 236 g/mol. The summed E-state index contributed by atoms with van der Waals surface area (Å²) in [6, 6.07) is 0. The lowest BCUT2D eigenvalue weighted by atomic mass is 9.86. The van der Waals surface area contributed by atoms with Crippen LogP contribution in [0.15, 0.2) is 0 Å². The van der Waals surface area contributed by atoms with Gasteiger partial charge >= 0.3 is 0 Å². The van der Waals surface area contributed by atoms with Gasteiger partial charge in [0.25, 0.3) is 0 Å². The van der Waals surface area contributed by atoms with E-state index >= 15 is 0 Å². The Morgan fingerprint density at radius 2 is 2.16 bits per heavy atom. The lowest BCUT2D eigenvalue weighted by molar-refractivity contribution is 0.0598. The molecule has 1 aliphatic heterocycles. The molecule has 0 aromatic heterocycles.